The van der Waals surface area contributed by atoms with Crippen LogP contribution in [0, 0.1) is 0 Å². The lowest BCUT2D eigenvalue weighted by molar-refractivity contribution is -0.134. The molecular formula is C18H18Cl2N2O3. The first-order valence-corrected chi connectivity index (χ1v) is 8.70. The summed E-state index contributed by atoms with van der Waals surface area (Å²) in [5.41, 5.74) is 0.960. The molecule has 1 unspecified atom stereocenters. The highest BCUT2D eigenvalue weighted by molar-refractivity contribution is 6.42. The Morgan fingerprint density at radius 2 is 2.04 bits per heavy atom. The van der Waals surface area contributed by atoms with Gasteiger partial charge in [-0.15, -0.1) is 0 Å². The minimum atomic E-state index is -0.429. The van der Waals surface area contributed by atoms with Crippen LogP contribution in [-0.2, 0) is 16.1 Å². The van der Waals surface area contributed by atoms with Gasteiger partial charge in [0.15, 0.2) is 0 Å². The van der Waals surface area contributed by atoms with Crippen molar-refractivity contribution in [3.05, 3.63) is 58.1 Å². The first-order chi connectivity index (χ1) is 12.1. The third-order valence-corrected chi connectivity index (χ3v) is 4.56. The number of ether oxygens (including phenoxy) is 2. The summed E-state index contributed by atoms with van der Waals surface area (Å²) in [4.78, 5) is 12.0. The van der Waals surface area contributed by atoms with E-state index in [-0.39, 0.29) is 5.91 Å². The molecular weight excluding hydrogens is 363 g/mol. The topological polar surface area (TPSA) is 59.6 Å². The Labute approximate surface area is 156 Å². The van der Waals surface area contributed by atoms with Crippen molar-refractivity contribution in [2.75, 3.05) is 19.7 Å². The Bertz CT molecular complexity index is 732. The van der Waals surface area contributed by atoms with Gasteiger partial charge in [-0.25, -0.2) is 0 Å². The van der Waals surface area contributed by atoms with Gasteiger partial charge >= 0.3 is 0 Å². The molecule has 1 aliphatic heterocycles. The van der Waals surface area contributed by atoms with E-state index < -0.39 is 6.10 Å². The molecule has 1 saturated heterocycles. The van der Waals surface area contributed by atoms with E-state index >= 15 is 0 Å². The molecule has 2 aromatic carbocycles. The van der Waals surface area contributed by atoms with Gasteiger partial charge in [-0.1, -0.05) is 41.4 Å². The van der Waals surface area contributed by atoms with Crippen LogP contribution in [0.25, 0.3) is 0 Å². The fourth-order valence-corrected chi connectivity index (χ4v) is 2.73. The van der Waals surface area contributed by atoms with Gasteiger partial charge in [-0.3, -0.25) is 4.79 Å². The second kappa shape index (κ2) is 8.54. The molecule has 7 heteroatoms. The van der Waals surface area contributed by atoms with Crippen molar-refractivity contribution < 1.29 is 14.3 Å². The summed E-state index contributed by atoms with van der Waals surface area (Å²) < 4.78 is 11.2. The largest absolute Gasteiger partial charge is 0.456 e. The van der Waals surface area contributed by atoms with Crippen molar-refractivity contribution >= 4 is 29.1 Å². The Balaban J connectivity index is 1.55. The van der Waals surface area contributed by atoms with E-state index in [9.17, 15) is 4.79 Å². The summed E-state index contributed by atoms with van der Waals surface area (Å²) in [5, 5.41) is 6.82. The molecule has 2 aromatic rings. The van der Waals surface area contributed by atoms with Gasteiger partial charge in [0.25, 0.3) is 5.91 Å². The van der Waals surface area contributed by atoms with Crippen molar-refractivity contribution in [3.63, 3.8) is 0 Å². The van der Waals surface area contributed by atoms with Crippen molar-refractivity contribution in [3.8, 4) is 11.5 Å². The highest BCUT2D eigenvalue weighted by Crippen LogP contribution is 2.34. The van der Waals surface area contributed by atoms with Gasteiger partial charge in [-0.05, 0) is 29.8 Å². The molecule has 0 spiro atoms. The van der Waals surface area contributed by atoms with Gasteiger partial charge < -0.3 is 20.1 Å². The zero-order chi connectivity index (χ0) is 17.6. The Kier molecular flexibility index (Phi) is 6.15. The molecule has 25 heavy (non-hydrogen) atoms. The number of hydrogen-bond acceptors (Lipinski definition) is 4. The fraction of sp³-hybridized carbons (Fsp3) is 0.278. The van der Waals surface area contributed by atoms with Crippen LogP contribution in [0.4, 0.5) is 0 Å². The standard InChI is InChI=1S/C18H18Cl2N2O3/c19-14-2-1-3-15(17(14)20)25-13-6-4-12(5-7-13)10-22-18(23)16-11-21-8-9-24-16/h1-7,16,21H,8-11H2,(H,22,23). The lowest BCUT2D eigenvalue weighted by Gasteiger charge is -2.22. The van der Waals surface area contributed by atoms with Gasteiger partial charge in [-0.2, -0.15) is 0 Å². The fourth-order valence-electron chi connectivity index (χ4n) is 2.40. The number of nitrogens with one attached hydrogen (secondary N) is 2. The third-order valence-electron chi connectivity index (χ3n) is 3.75. The average molecular weight is 381 g/mol. The van der Waals surface area contributed by atoms with E-state index in [1.165, 1.54) is 0 Å². The number of morpholine rings is 1. The van der Waals surface area contributed by atoms with Crippen LogP contribution in [0.15, 0.2) is 42.5 Å². The number of carbonyl (C=O) groups excluding carboxylic acids is 1. The summed E-state index contributed by atoms with van der Waals surface area (Å²) in [6, 6.07) is 12.6. The lowest BCUT2D eigenvalue weighted by atomic mass is 10.2. The second-order valence-electron chi connectivity index (χ2n) is 5.58. The molecule has 5 nitrogen and oxygen atoms in total. The minimum Gasteiger partial charge on any atom is -0.456 e. The molecule has 1 fully saturated rings. The zero-order valence-electron chi connectivity index (χ0n) is 13.4. The van der Waals surface area contributed by atoms with Gasteiger partial charge in [0.1, 0.15) is 22.6 Å². The summed E-state index contributed by atoms with van der Waals surface area (Å²) in [6.45, 7) is 2.30. The molecule has 1 atom stereocenters. The molecule has 132 valence electrons. The smallest absolute Gasteiger partial charge is 0.250 e. The highest BCUT2D eigenvalue weighted by atomic mass is 35.5. The first kappa shape index (κ1) is 18.0. The van der Waals surface area contributed by atoms with Crippen LogP contribution < -0.4 is 15.4 Å². The van der Waals surface area contributed by atoms with Crippen LogP contribution >= 0.6 is 23.2 Å². The number of hydrogen-bond donors (Lipinski definition) is 2. The molecule has 0 aliphatic carbocycles. The van der Waals surface area contributed by atoms with Crippen molar-refractivity contribution in [2.24, 2.45) is 0 Å². The first-order valence-electron chi connectivity index (χ1n) is 7.94. The minimum absolute atomic E-state index is 0.113. The molecule has 3 rings (SSSR count). The van der Waals surface area contributed by atoms with E-state index in [4.69, 9.17) is 32.7 Å². The summed E-state index contributed by atoms with van der Waals surface area (Å²) >= 11 is 12.1. The van der Waals surface area contributed by atoms with Gasteiger partial charge in [0.2, 0.25) is 0 Å². The van der Waals surface area contributed by atoms with Crippen LogP contribution in [0.5, 0.6) is 11.5 Å². The Morgan fingerprint density at radius 1 is 1.24 bits per heavy atom. The number of carbonyl (C=O) groups is 1. The van der Waals surface area contributed by atoms with Crippen LogP contribution in [-0.4, -0.2) is 31.7 Å². The maximum Gasteiger partial charge on any atom is 0.250 e. The van der Waals surface area contributed by atoms with Gasteiger partial charge in [0, 0.05) is 19.6 Å². The SMILES string of the molecule is O=C(NCc1ccc(Oc2cccc(Cl)c2Cl)cc1)C1CNCCO1. The molecule has 1 heterocycles. The van der Waals surface area contributed by atoms with E-state index in [2.05, 4.69) is 10.6 Å². The normalized spacial score (nSPS) is 17.1. The molecule has 1 amide bonds. The summed E-state index contributed by atoms with van der Waals surface area (Å²) in [6.07, 6.45) is -0.429. The molecule has 0 radical (unpaired) electrons. The predicted octanol–water partition coefficient (Wildman–Crippen LogP) is 3.39. The molecule has 0 saturated carbocycles. The quantitative estimate of drug-likeness (QED) is 0.834. The van der Waals surface area contributed by atoms with Crippen LogP contribution in [0.2, 0.25) is 10.0 Å². The molecule has 2 N–H and O–H groups in total. The number of benzene rings is 2. The van der Waals surface area contributed by atoms with E-state index in [0.717, 1.165) is 12.1 Å². The lowest BCUT2D eigenvalue weighted by Crippen LogP contribution is -2.47. The second-order valence-corrected chi connectivity index (χ2v) is 6.36. The maximum absolute atomic E-state index is 12.0. The van der Waals surface area contributed by atoms with E-state index in [0.29, 0.717) is 41.2 Å². The van der Waals surface area contributed by atoms with Gasteiger partial charge in [0.05, 0.1) is 11.6 Å². The van der Waals surface area contributed by atoms with Crippen molar-refractivity contribution in [2.45, 2.75) is 12.6 Å². The Hall–Kier alpha value is -1.79. The number of rotatable bonds is 5. The molecule has 0 bridgehead atoms. The average Bonchev–Trinajstić information content (AvgIpc) is 2.65. The number of halogens is 2. The summed E-state index contributed by atoms with van der Waals surface area (Å²) in [5.74, 6) is 1.02. The molecule has 0 aromatic heterocycles. The van der Waals surface area contributed by atoms with E-state index in [1.54, 1.807) is 18.2 Å². The maximum atomic E-state index is 12.0. The zero-order valence-corrected chi connectivity index (χ0v) is 14.9. The molecule has 1 aliphatic rings. The van der Waals surface area contributed by atoms with Crippen molar-refractivity contribution in [1.82, 2.24) is 10.6 Å². The highest BCUT2D eigenvalue weighted by Gasteiger charge is 2.21. The third kappa shape index (κ3) is 4.86. The van der Waals surface area contributed by atoms with E-state index in [1.807, 2.05) is 24.3 Å². The predicted molar refractivity (Wildman–Crippen MR) is 97.4 cm³/mol. The monoisotopic (exact) mass is 380 g/mol. The van der Waals surface area contributed by atoms with Crippen LogP contribution in [0.1, 0.15) is 5.56 Å². The Morgan fingerprint density at radius 3 is 2.76 bits per heavy atom. The number of amides is 1. The summed E-state index contributed by atoms with van der Waals surface area (Å²) in [7, 11) is 0. The van der Waals surface area contributed by atoms with Crippen LogP contribution in [0.3, 0.4) is 0 Å². The van der Waals surface area contributed by atoms with Crippen molar-refractivity contribution in [1.29, 1.82) is 0 Å².